The standard InChI is InChI=1S/C14H17ClFN/c15-13-10(2-1-3-12(13)16)8-14(6-7-14)9-17-11-4-5-11/h1-3,11,17H,4-9H2. The average Bonchev–Trinajstić information content (AvgIpc) is 3.18. The minimum absolute atomic E-state index is 0.296. The van der Waals surface area contributed by atoms with Crippen LogP contribution in [0.2, 0.25) is 5.02 Å². The summed E-state index contributed by atoms with van der Waals surface area (Å²) in [5.41, 5.74) is 1.31. The summed E-state index contributed by atoms with van der Waals surface area (Å²) >= 11 is 6.01. The molecule has 92 valence electrons. The summed E-state index contributed by atoms with van der Waals surface area (Å²) < 4.78 is 13.4. The maximum atomic E-state index is 13.4. The van der Waals surface area contributed by atoms with Crippen LogP contribution in [0.1, 0.15) is 31.2 Å². The minimum atomic E-state index is -0.296. The third-order valence-electron chi connectivity index (χ3n) is 3.90. The van der Waals surface area contributed by atoms with Crippen LogP contribution in [0, 0.1) is 11.2 Å². The van der Waals surface area contributed by atoms with E-state index in [4.69, 9.17) is 11.6 Å². The van der Waals surface area contributed by atoms with Crippen LogP contribution in [-0.4, -0.2) is 12.6 Å². The number of benzene rings is 1. The quantitative estimate of drug-likeness (QED) is 0.846. The Labute approximate surface area is 106 Å². The lowest BCUT2D eigenvalue weighted by Gasteiger charge is -2.17. The molecule has 0 radical (unpaired) electrons. The summed E-state index contributed by atoms with van der Waals surface area (Å²) in [7, 11) is 0. The normalized spacial score (nSPS) is 21.5. The van der Waals surface area contributed by atoms with Crippen LogP contribution in [0.5, 0.6) is 0 Å². The highest BCUT2D eigenvalue weighted by Gasteiger charge is 2.43. The first-order valence-electron chi connectivity index (χ1n) is 6.35. The summed E-state index contributed by atoms with van der Waals surface area (Å²) in [5.74, 6) is -0.296. The van der Waals surface area contributed by atoms with Crippen molar-refractivity contribution in [2.24, 2.45) is 5.41 Å². The van der Waals surface area contributed by atoms with Gasteiger partial charge in [0.05, 0.1) is 5.02 Å². The molecule has 0 aromatic heterocycles. The van der Waals surface area contributed by atoms with Gasteiger partial charge in [0.15, 0.2) is 0 Å². The van der Waals surface area contributed by atoms with Gasteiger partial charge in [-0.3, -0.25) is 0 Å². The predicted molar refractivity (Wildman–Crippen MR) is 67.8 cm³/mol. The summed E-state index contributed by atoms with van der Waals surface area (Å²) in [6.45, 7) is 1.06. The molecule has 0 heterocycles. The molecule has 2 saturated carbocycles. The minimum Gasteiger partial charge on any atom is -0.313 e. The fraction of sp³-hybridized carbons (Fsp3) is 0.571. The monoisotopic (exact) mass is 253 g/mol. The van der Waals surface area contributed by atoms with Crippen molar-refractivity contribution in [3.05, 3.63) is 34.6 Å². The van der Waals surface area contributed by atoms with Gasteiger partial charge in [-0.05, 0) is 49.1 Å². The maximum Gasteiger partial charge on any atom is 0.142 e. The SMILES string of the molecule is Fc1cccc(CC2(CNC3CC3)CC2)c1Cl. The lowest BCUT2D eigenvalue weighted by molar-refractivity contribution is 0.452. The van der Waals surface area contributed by atoms with Crippen LogP contribution < -0.4 is 5.32 Å². The van der Waals surface area contributed by atoms with E-state index in [2.05, 4.69) is 5.32 Å². The van der Waals surface area contributed by atoms with Crippen LogP contribution in [0.25, 0.3) is 0 Å². The molecule has 17 heavy (non-hydrogen) atoms. The number of hydrogen-bond donors (Lipinski definition) is 1. The number of halogens is 2. The van der Waals surface area contributed by atoms with E-state index < -0.39 is 0 Å². The van der Waals surface area contributed by atoms with Crippen LogP contribution in [0.4, 0.5) is 4.39 Å². The van der Waals surface area contributed by atoms with Gasteiger partial charge in [0.1, 0.15) is 5.82 Å². The Kier molecular flexibility index (Phi) is 2.87. The molecule has 0 unspecified atom stereocenters. The Morgan fingerprint density at radius 1 is 1.35 bits per heavy atom. The molecule has 1 nitrogen and oxygen atoms in total. The molecule has 0 saturated heterocycles. The van der Waals surface area contributed by atoms with E-state index in [1.54, 1.807) is 6.07 Å². The molecule has 1 aromatic rings. The number of rotatable bonds is 5. The van der Waals surface area contributed by atoms with Gasteiger partial charge in [0, 0.05) is 12.6 Å². The molecule has 2 fully saturated rings. The molecule has 3 heteroatoms. The third-order valence-corrected chi connectivity index (χ3v) is 4.32. The smallest absolute Gasteiger partial charge is 0.142 e. The van der Waals surface area contributed by atoms with Crippen molar-refractivity contribution in [3.63, 3.8) is 0 Å². The predicted octanol–water partition coefficient (Wildman–Crippen LogP) is 3.55. The van der Waals surface area contributed by atoms with Gasteiger partial charge in [-0.25, -0.2) is 4.39 Å². The highest BCUT2D eigenvalue weighted by atomic mass is 35.5. The molecule has 1 aromatic carbocycles. The first-order chi connectivity index (χ1) is 8.19. The zero-order chi connectivity index (χ0) is 11.9. The highest BCUT2D eigenvalue weighted by molar-refractivity contribution is 6.31. The van der Waals surface area contributed by atoms with Gasteiger partial charge in [0.2, 0.25) is 0 Å². The molecule has 0 atom stereocenters. The van der Waals surface area contributed by atoms with Gasteiger partial charge in [-0.2, -0.15) is 0 Å². The molecule has 0 bridgehead atoms. The maximum absolute atomic E-state index is 13.4. The molecule has 2 aliphatic rings. The summed E-state index contributed by atoms with van der Waals surface area (Å²) in [6.07, 6.45) is 6.01. The Bertz CT molecular complexity index is 424. The Morgan fingerprint density at radius 2 is 2.12 bits per heavy atom. The van der Waals surface area contributed by atoms with Gasteiger partial charge < -0.3 is 5.32 Å². The van der Waals surface area contributed by atoms with E-state index in [0.717, 1.165) is 24.6 Å². The van der Waals surface area contributed by atoms with E-state index in [9.17, 15) is 4.39 Å². The molecule has 1 N–H and O–H groups in total. The number of hydrogen-bond acceptors (Lipinski definition) is 1. The molecule has 0 spiro atoms. The summed E-state index contributed by atoms with van der Waals surface area (Å²) in [6, 6.07) is 5.87. The average molecular weight is 254 g/mol. The van der Waals surface area contributed by atoms with Crippen molar-refractivity contribution in [3.8, 4) is 0 Å². The summed E-state index contributed by atoms with van der Waals surface area (Å²) in [4.78, 5) is 0. The van der Waals surface area contributed by atoms with Gasteiger partial charge in [0.25, 0.3) is 0 Å². The van der Waals surface area contributed by atoms with Crippen LogP contribution in [0.15, 0.2) is 18.2 Å². The van der Waals surface area contributed by atoms with E-state index in [0.29, 0.717) is 10.4 Å². The van der Waals surface area contributed by atoms with Crippen molar-refractivity contribution in [1.29, 1.82) is 0 Å². The Morgan fingerprint density at radius 3 is 2.76 bits per heavy atom. The molecule has 3 rings (SSSR count). The molecular formula is C14H17ClFN. The van der Waals surface area contributed by atoms with Crippen molar-refractivity contribution in [1.82, 2.24) is 5.32 Å². The second-order valence-corrected chi connectivity index (χ2v) is 5.92. The van der Waals surface area contributed by atoms with Gasteiger partial charge in [-0.1, -0.05) is 23.7 Å². The Balaban J connectivity index is 1.66. The van der Waals surface area contributed by atoms with Crippen molar-refractivity contribution in [2.45, 2.75) is 38.1 Å². The molecule has 0 aliphatic heterocycles. The van der Waals surface area contributed by atoms with E-state index in [-0.39, 0.29) is 5.82 Å². The zero-order valence-corrected chi connectivity index (χ0v) is 10.6. The second-order valence-electron chi connectivity index (χ2n) is 5.54. The van der Waals surface area contributed by atoms with Gasteiger partial charge >= 0.3 is 0 Å². The summed E-state index contributed by atoms with van der Waals surface area (Å²) in [5, 5.41) is 3.89. The van der Waals surface area contributed by atoms with Crippen LogP contribution in [0.3, 0.4) is 0 Å². The van der Waals surface area contributed by atoms with Crippen molar-refractivity contribution < 1.29 is 4.39 Å². The van der Waals surface area contributed by atoms with Gasteiger partial charge in [-0.15, -0.1) is 0 Å². The fourth-order valence-electron chi connectivity index (χ4n) is 2.33. The lowest BCUT2D eigenvalue weighted by atomic mass is 9.96. The van der Waals surface area contributed by atoms with Crippen molar-refractivity contribution >= 4 is 11.6 Å². The molecule has 0 amide bonds. The van der Waals surface area contributed by atoms with E-state index in [1.807, 2.05) is 6.07 Å². The first kappa shape index (κ1) is 11.5. The number of nitrogens with one attached hydrogen (secondary N) is 1. The third kappa shape index (κ3) is 2.63. The fourth-order valence-corrected chi connectivity index (χ4v) is 2.52. The first-order valence-corrected chi connectivity index (χ1v) is 6.73. The largest absolute Gasteiger partial charge is 0.313 e. The zero-order valence-electron chi connectivity index (χ0n) is 9.81. The van der Waals surface area contributed by atoms with Crippen molar-refractivity contribution in [2.75, 3.05) is 6.54 Å². The van der Waals surface area contributed by atoms with E-state index >= 15 is 0 Å². The molecular weight excluding hydrogens is 237 g/mol. The topological polar surface area (TPSA) is 12.0 Å². The lowest BCUT2D eigenvalue weighted by Crippen LogP contribution is -2.27. The Hall–Kier alpha value is -0.600. The van der Waals surface area contributed by atoms with Crippen LogP contribution >= 0.6 is 11.6 Å². The van der Waals surface area contributed by atoms with E-state index in [1.165, 1.54) is 31.7 Å². The van der Waals surface area contributed by atoms with Crippen LogP contribution in [-0.2, 0) is 6.42 Å². The second kappa shape index (κ2) is 4.25. The highest BCUT2D eigenvalue weighted by Crippen LogP contribution is 2.49. The molecule has 2 aliphatic carbocycles.